The molecule has 0 fully saturated rings. The first-order valence-corrected chi connectivity index (χ1v) is 4.15. The third kappa shape index (κ3) is 2.86. The van der Waals surface area contributed by atoms with Crippen molar-refractivity contribution in [3.63, 3.8) is 0 Å². The Morgan fingerprint density at radius 3 is 2.29 bits per heavy atom. The molecule has 1 rings (SSSR count). The SMILES string of the molecule is N#CC(Cl)c1ccc(OC(F)F)cc1. The molecule has 0 heterocycles. The molecule has 2 nitrogen and oxygen atoms in total. The Balaban J connectivity index is 2.74. The maximum Gasteiger partial charge on any atom is 0.387 e. The van der Waals surface area contributed by atoms with Gasteiger partial charge >= 0.3 is 6.61 Å². The molecule has 14 heavy (non-hydrogen) atoms. The van der Waals surface area contributed by atoms with Crippen LogP contribution in [0.25, 0.3) is 0 Å². The van der Waals surface area contributed by atoms with Gasteiger partial charge in [-0.25, -0.2) is 0 Å². The summed E-state index contributed by atoms with van der Waals surface area (Å²) in [6.45, 7) is -2.84. The highest BCUT2D eigenvalue weighted by molar-refractivity contribution is 6.22. The molecule has 0 saturated carbocycles. The second kappa shape index (κ2) is 4.77. The van der Waals surface area contributed by atoms with E-state index in [2.05, 4.69) is 4.74 Å². The van der Waals surface area contributed by atoms with Crippen LogP contribution in [0.15, 0.2) is 24.3 Å². The van der Waals surface area contributed by atoms with Gasteiger partial charge in [-0.1, -0.05) is 12.1 Å². The Kier molecular flexibility index (Phi) is 3.66. The number of alkyl halides is 3. The van der Waals surface area contributed by atoms with Crippen LogP contribution in [0.2, 0.25) is 0 Å². The normalized spacial score (nSPS) is 12.2. The average Bonchev–Trinajstić information content (AvgIpc) is 2.17. The molecule has 74 valence electrons. The molecule has 0 amide bonds. The van der Waals surface area contributed by atoms with E-state index in [-0.39, 0.29) is 5.75 Å². The molecule has 0 aliphatic rings. The Morgan fingerprint density at radius 2 is 1.86 bits per heavy atom. The largest absolute Gasteiger partial charge is 0.435 e. The highest BCUT2D eigenvalue weighted by Crippen LogP contribution is 2.22. The summed E-state index contributed by atoms with van der Waals surface area (Å²) in [6, 6.07) is 7.44. The molecule has 0 radical (unpaired) electrons. The van der Waals surface area contributed by atoms with Gasteiger partial charge in [-0.05, 0) is 17.7 Å². The van der Waals surface area contributed by atoms with Crippen LogP contribution in [-0.2, 0) is 0 Å². The summed E-state index contributed by atoms with van der Waals surface area (Å²) in [7, 11) is 0. The highest BCUT2D eigenvalue weighted by atomic mass is 35.5. The molecule has 0 N–H and O–H groups in total. The van der Waals surface area contributed by atoms with E-state index in [4.69, 9.17) is 16.9 Å². The number of ether oxygens (including phenoxy) is 1. The Morgan fingerprint density at radius 1 is 1.29 bits per heavy atom. The summed E-state index contributed by atoms with van der Waals surface area (Å²) in [5.74, 6) is 0.0468. The second-order valence-corrected chi connectivity index (χ2v) is 2.88. The summed E-state index contributed by atoms with van der Waals surface area (Å²) in [6.07, 6.45) is 0. The molecule has 1 aromatic carbocycles. The molecular formula is C9H6ClF2NO. The molecule has 0 bridgehead atoms. The fourth-order valence-corrected chi connectivity index (χ4v) is 1.04. The van der Waals surface area contributed by atoms with Gasteiger partial charge in [-0.3, -0.25) is 0 Å². The minimum absolute atomic E-state index is 0.0468. The molecule has 0 saturated heterocycles. The number of hydrogen-bond donors (Lipinski definition) is 0. The van der Waals surface area contributed by atoms with Crippen molar-refractivity contribution in [1.29, 1.82) is 5.26 Å². The summed E-state index contributed by atoms with van der Waals surface area (Å²) in [5.41, 5.74) is 0.552. The van der Waals surface area contributed by atoms with E-state index in [0.717, 1.165) is 0 Å². The summed E-state index contributed by atoms with van der Waals surface area (Å²) < 4.78 is 27.6. The van der Waals surface area contributed by atoms with Gasteiger partial charge in [0, 0.05) is 0 Å². The number of rotatable bonds is 3. The van der Waals surface area contributed by atoms with Gasteiger partial charge in [0.15, 0.2) is 0 Å². The maximum atomic E-state index is 11.7. The second-order valence-electron chi connectivity index (χ2n) is 2.44. The quantitative estimate of drug-likeness (QED) is 0.729. The zero-order valence-corrected chi connectivity index (χ0v) is 7.71. The monoisotopic (exact) mass is 217 g/mol. The van der Waals surface area contributed by atoms with E-state index in [0.29, 0.717) is 5.56 Å². The van der Waals surface area contributed by atoms with Crippen LogP contribution < -0.4 is 4.74 Å². The van der Waals surface area contributed by atoms with E-state index >= 15 is 0 Å². The first-order chi connectivity index (χ1) is 6.63. The summed E-state index contributed by atoms with van der Waals surface area (Å²) in [5, 5.41) is 7.70. The Bertz CT molecular complexity index is 334. The van der Waals surface area contributed by atoms with Gasteiger partial charge in [-0.15, -0.1) is 11.6 Å². The standard InChI is InChI=1S/C9H6ClF2NO/c10-8(5-13)6-1-3-7(4-2-6)14-9(11)12/h1-4,8-9H. The fourth-order valence-electron chi connectivity index (χ4n) is 0.893. The van der Waals surface area contributed by atoms with Gasteiger partial charge in [0.05, 0.1) is 6.07 Å². The van der Waals surface area contributed by atoms with Gasteiger partial charge in [0.2, 0.25) is 0 Å². The highest BCUT2D eigenvalue weighted by Gasteiger charge is 2.07. The number of benzene rings is 1. The molecule has 1 atom stereocenters. The molecule has 0 aromatic heterocycles. The summed E-state index contributed by atoms with van der Waals surface area (Å²) in [4.78, 5) is 0. The van der Waals surface area contributed by atoms with E-state index in [1.165, 1.54) is 24.3 Å². The third-order valence-electron chi connectivity index (χ3n) is 1.51. The number of nitrogens with zero attached hydrogens (tertiary/aromatic N) is 1. The topological polar surface area (TPSA) is 33.0 Å². The lowest BCUT2D eigenvalue weighted by atomic mass is 10.1. The third-order valence-corrected chi connectivity index (χ3v) is 1.86. The number of nitriles is 1. The van der Waals surface area contributed by atoms with Crippen molar-refractivity contribution in [3.05, 3.63) is 29.8 Å². The lowest BCUT2D eigenvalue weighted by molar-refractivity contribution is -0.0498. The molecule has 0 aliphatic heterocycles. The van der Waals surface area contributed by atoms with Crippen LogP contribution in [0.1, 0.15) is 10.9 Å². The minimum Gasteiger partial charge on any atom is -0.435 e. The molecule has 1 aromatic rings. The van der Waals surface area contributed by atoms with Gasteiger partial charge in [0.1, 0.15) is 11.1 Å². The Labute approximate surface area is 84.7 Å². The van der Waals surface area contributed by atoms with Crippen molar-refractivity contribution < 1.29 is 13.5 Å². The van der Waals surface area contributed by atoms with Crippen molar-refractivity contribution in [2.45, 2.75) is 12.0 Å². The van der Waals surface area contributed by atoms with Crippen LogP contribution in [-0.4, -0.2) is 6.61 Å². The van der Waals surface area contributed by atoms with Crippen molar-refractivity contribution in [2.75, 3.05) is 0 Å². The van der Waals surface area contributed by atoms with E-state index < -0.39 is 12.0 Å². The first kappa shape index (κ1) is 10.7. The maximum absolute atomic E-state index is 11.7. The smallest absolute Gasteiger partial charge is 0.387 e. The zero-order valence-electron chi connectivity index (χ0n) is 6.95. The van der Waals surface area contributed by atoms with Crippen molar-refractivity contribution in [1.82, 2.24) is 0 Å². The van der Waals surface area contributed by atoms with E-state index in [1.807, 2.05) is 6.07 Å². The minimum atomic E-state index is -2.84. The van der Waals surface area contributed by atoms with Crippen LogP contribution >= 0.6 is 11.6 Å². The first-order valence-electron chi connectivity index (χ1n) is 3.72. The van der Waals surface area contributed by atoms with Crippen LogP contribution in [0, 0.1) is 11.3 Å². The predicted octanol–water partition coefficient (Wildman–Crippen LogP) is 3.09. The van der Waals surface area contributed by atoms with Crippen molar-refractivity contribution >= 4 is 11.6 Å². The molecule has 0 spiro atoms. The lowest BCUT2D eigenvalue weighted by Gasteiger charge is -2.05. The number of hydrogen-bond acceptors (Lipinski definition) is 2. The van der Waals surface area contributed by atoms with Gasteiger partial charge in [0.25, 0.3) is 0 Å². The van der Waals surface area contributed by atoms with Crippen LogP contribution in [0.4, 0.5) is 8.78 Å². The van der Waals surface area contributed by atoms with Crippen LogP contribution in [0.5, 0.6) is 5.75 Å². The molecular weight excluding hydrogens is 212 g/mol. The molecule has 1 unspecified atom stereocenters. The molecule has 0 aliphatic carbocycles. The molecule has 5 heteroatoms. The zero-order chi connectivity index (χ0) is 10.6. The number of halogens is 3. The lowest BCUT2D eigenvalue weighted by Crippen LogP contribution is -2.01. The van der Waals surface area contributed by atoms with Crippen molar-refractivity contribution in [3.8, 4) is 11.8 Å². The average molecular weight is 218 g/mol. The van der Waals surface area contributed by atoms with Crippen LogP contribution in [0.3, 0.4) is 0 Å². The predicted molar refractivity (Wildman–Crippen MR) is 47.3 cm³/mol. The summed E-state index contributed by atoms with van der Waals surface area (Å²) >= 11 is 5.60. The van der Waals surface area contributed by atoms with E-state index in [9.17, 15) is 8.78 Å². The fraction of sp³-hybridized carbons (Fsp3) is 0.222. The van der Waals surface area contributed by atoms with Gasteiger partial charge < -0.3 is 4.74 Å². The Hall–Kier alpha value is -1.34. The van der Waals surface area contributed by atoms with E-state index in [1.54, 1.807) is 0 Å². The van der Waals surface area contributed by atoms with Crippen molar-refractivity contribution in [2.24, 2.45) is 0 Å². The van der Waals surface area contributed by atoms with Gasteiger partial charge in [-0.2, -0.15) is 14.0 Å².